The lowest BCUT2D eigenvalue weighted by molar-refractivity contribution is -0.384. The number of carbonyl (C=O) groups is 2. The highest BCUT2D eigenvalue weighted by atomic mass is 79.9. The number of ether oxygens (including phenoxy) is 2. The van der Waals surface area contributed by atoms with E-state index >= 15 is 0 Å². The summed E-state index contributed by atoms with van der Waals surface area (Å²) in [5.74, 6) is -1.09. The second-order valence-corrected chi connectivity index (χ2v) is 7.90. The highest BCUT2D eigenvalue weighted by molar-refractivity contribution is 9.10. The molecule has 1 amide bonds. The molecular formula is C25H18BrN3O6. The fourth-order valence-corrected chi connectivity index (χ4v) is 3.46. The molecular weight excluding hydrogens is 518 g/mol. The standard InChI is InChI=1S/C25H18BrN3O6/c1-34-20-10-7-16(8-11-20)13-18(15-27)25(31)35-23(17-5-3-2-4-6-17)24(30)28-22-12-9-19(29(32)33)14-21(22)26/h2-14,23H,1H3,(H,28,30)/b18-13+/t23-/m1/s1. The molecule has 0 spiro atoms. The number of carbonyl (C=O) groups excluding carboxylic acids is 2. The summed E-state index contributed by atoms with van der Waals surface area (Å²) in [5.41, 5.74) is 0.712. The van der Waals surface area contributed by atoms with Crippen molar-refractivity contribution in [1.29, 1.82) is 5.26 Å². The van der Waals surface area contributed by atoms with Gasteiger partial charge in [0.05, 0.1) is 17.7 Å². The van der Waals surface area contributed by atoms with E-state index in [9.17, 15) is 25.0 Å². The number of nitro groups is 1. The molecule has 0 aliphatic heterocycles. The molecule has 0 radical (unpaired) electrons. The van der Waals surface area contributed by atoms with E-state index in [0.29, 0.717) is 16.9 Å². The molecule has 0 bridgehead atoms. The number of nitrogens with one attached hydrogen (secondary N) is 1. The Labute approximate surface area is 208 Å². The first kappa shape index (κ1) is 25.1. The van der Waals surface area contributed by atoms with Gasteiger partial charge in [-0.05, 0) is 45.8 Å². The van der Waals surface area contributed by atoms with Crippen molar-refractivity contribution < 1.29 is 24.0 Å². The molecule has 10 heteroatoms. The van der Waals surface area contributed by atoms with Gasteiger partial charge in [-0.15, -0.1) is 0 Å². The minimum atomic E-state index is -1.39. The van der Waals surface area contributed by atoms with E-state index in [4.69, 9.17) is 9.47 Å². The third-order valence-corrected chi connectivity index (χ3v) is 5.41. The number of esters is 1. The Morgan fingerprint density at radius 2 is 1.80 bits per heavy atom. The molecule has 0 aliphatic rings. The number of benzene rings is 3. The third kappa shape index (κ3) is 6.52. The van der Waals surface area contributed by atoms with Crippen LogP contribution in [-0.4, -0.2) is 23.9 Å². The van der Waals surface area contributed by atoms with Crippen LogP contribution in [0.15, 0.2) is 82.8 Å². The topological polar surface area (TPSA) is 132 Å². The summed E-state index contributed by atoms with van der Waals surface area (Å²) in [6.07, 6.45) is -0.0484. The van der Waals surface area contributed by atoms with Crippen molar-refractivity contribution in [3.63, 3.8) is 0 Å². The molecule has 3 aromatic carbocycles. The zero-order chi connectivity index (χ0) is 25.4. The van der Waals surface area contributed by atoms with Gasteiger partial charge in [0, 0.05) is 22.2 Å². The molecule has 35 heavy (non-hydrogen) atoms. The van der Waals surface area contributed by atoms with Gasteiger partial charge in [-0.1, -0.05) is 42.5 Å². The van der Waals surface area contributed by atoms with E-state index in [1.54, 1.807) is 60.7 Å². The number of methoxy groups -OCH3 is 1. The van der Waals surface area contributed by atoms with Crippen molar-refractivity contribution in [2.75, 3.05) is 12.4 Å². The predicted octanol–water partition coefficient (Wildman–Crippen LogP) is 5.20. The summed E-state index contributed by atoms with van der Waals surface area (Å²) in [6, 6.07) is 20.6. The number of nitrogens with zero attached hydrogens (tertiary/aromatic N) is 2. The van der Waals surface area contributed by atoms with Gasteiger partial charge in [-0.3, -0.25) is 14.9 Å². The Hall–Kier alpha value is -4.49. The monoisotopic (exact) mass is 535 g/mol. The maximum absolute atomic E-state index is 13.1. The van der Waals surface area contributed by atoms with E-state index in [2.05, 4.69) is 21.2 Å². The predicted molar refractivity (Wildman–Crippen MR) is 131 cm³/mol. The van der Waals surface area contributed by atoms with Gasteiger partial charge in [0.25, 0.3) is 11.6 Å². The number of rotatable bonds is 8. The average Bonchev–Trinajstić information content (AvgIpc) is 2.87. The number of hydrogen-bond acceptors (Lipinski definition) is 7. The van der Waals surface area contributed by atoms with Crippen molar-refractivity contribution in [1.82, 2.24) is 0 Å². The molecule has 0 unspecified atom stereocenters. The Bertz CT molecular complexity index is 1320. The van der Waals surface area contributed by atoms with Gasteiger partial charge >= 0.3 is 5.97 Å². The first-order chi connectivity index (χ1) is 16.8. The lowest BCUT2D eigenvalue weighted by Crippen LogP contribution is -2.26. The zero-order valence-electron chi connectivity index (χ0n) is 18.3. The second kappa shape index (κ2) is 11.6. The van der Waals surface area contributed by atoms with Gasteiger partial charge in [0.2, 0.25) is 6.10 Å². The van der Waals surface area contributed by atoms with E-state index in [0.717, 1.165) is 0 Å². The van der Waals surface area contributed by atoms with Gasteiger partial charge in [0.1, 0.15) is 17.4 Å². The number of non-ortho nitro benzene ring substituents is 1. The first-order valence-electron chi connectivity index (χ1n) is 10.1. The third-order valence-electron chi connectivity index (χ3n) is 4.75. The molecule has 0 saturated carbocycles. The van der Waals surface area contributed by atoms with Crippen LogP contribution in [0.1, 0.15) is 17.2 Å². The van der Waals surface area contributed by atoms with Gasteiger partial charge in [-0.25, -0.2) is 4.79 Å². The highest BCUT2D eigenvalue weighted by Crippen LogP contribution is 2.29. The number of hydrogen-bond donors (Lipinski definition) is 1. The SMILES string of the molecule is COc1ccc(/C=C(\C#N)C(=O)O[C@@H](C(=O)Nc2ccc([N+](=O)[O-])cc2Br)c2ccccc2)cc1. The summed E-state index contributed by atoms with van der Waals surface area (Å²) in [4.78, 5) is 36.3. The van der Waals surface area contributed by atoms with Crippen molar-refractivity contribution in [2.24, 2.45) is 0 Å². The van der Waals surface area contributed by atoms with Crippen molar-refractivity contribution in [3.8, 4) is 11.8 Å². The Morgan fingerprint density at radius 1 is 1.11 bits per heavy atom. The summed E-state index contributed by atoms with van der Waals surface area (Å²) in [5, 5.41) is 23.1. The molecule has 0 fully saturated rings. The number of amides is 1. The van der Waals surface area contributed by atoms with Gasteiger partial charge in [0.15, 0.2) is 0 Å². The number of nitro benzene ring substituents is 1. The van der Waals surface area contributed by atoms with Crippen LogP contribution in [-0.2, 0) is 14.3 Å². The molecule has 9 nitrogen and oxygen atoms in total. The maximum atomic E-state index is 13.1. The van der Waals surface area contributed by atoms with Crippen molar-refractivity contribution in [3.05, 3.63) is 104 Å². The molecule has 0 heterocycles. The van der Waals surface area contributed by atoms with Crippen molar-refractivity contribution in [2.45, 2.75) is 6.10 Å². The van der Waals surface area contributed by atoms with E-state index in [1.807, 2.05) is 0 Å². The molecule has 0 saturated heterocycles. The summed E-state index contributed by atoms with van der Waals surface area (Å²) >= 11 is 3.19. The molecule has 0 aromatic heterocycles. The van der Waals surface area contributed by atoms with Crippen LogP contribution in [0.25, 0.3) is 6.08 Å². The number of nitriles is 1. The summed E-state index contributed by atoms with van der Waals surface area (Å²) in [7, 11) is 1.52. The van der Waals surface area contributed by atoms with Crippen LogP contribution in [0.2, 0.25) is 0 Å². The molecule has 176 valence electrons. The minimum Gasteiger partial charge on any atom is -0.497 e. The highest BCUT2D eigenvalue weighted by Gasteiger charge is 2.27. The fourth-order valence-electron chi connectivity index (χ4n) is 2.99. The van der Waals surface area contributed by atoms with Crippen LogP contribution in [0.3, 0.4) is 0 Å². The molecule has 3 rings (SSSR count). The minimum absolute atomic E-state index is 0.164. The Morgan fingerprint density at radius 3 is 2.37 bits per heavy atom. The zero-order valence-corrected chi connectivity index (χ0v) is 19.9. The van der Waals surface area contributed by atoms with Crippen LogP contribution in [0.4, 0.5) is 11.4 Å². The van der Waals surface area contributed by atoms with Crippen molar-refractivity contribution >= 4 is 45.3 Å². The fraction of sp³-hybridized carbons (Fsp3) is 0.0800. The van der Waals surface area contributed by atoms with Crippen LogP contribution in [0, 0.1) is 21.4 Å². The molecule has 0 aliphatic carbocycles. The van der Waals surface area contributed by atoms with Crippen LogP contribution < -0.4 is 10.1 Å². The smallest absolute Gasteiger partial charge is 0.350 e. The molecule has 1 N–H and O–H groups in total. The van der Waals surface area contributed by atoms with Gasteiger partial charge in [-0.2, -0.15) is 5.26 Å². The normalized spacial score (nSPS) is 11.6. The quantitative estimate of drug-likeness (QED) is 0.138. The Kier molecular flexibility index (Phi) is 8.32. The number of halogens is 1. The first-order valence-corrected chi connectivity index (χ1v) is 10.9. The largest absolute Gasteiger partial charge is 0.497 e. The van der Waals surface area contributed by atoms with Gasteiger partial charge < -0.3 is 14.8 Å². The van der Waals surface area contributed by atoms with E-state index in [1.165, 1.54) is 31.4 Å². The second-order valence-electron chi connectivity index (χ2n) is 7.05. The number of anilines is 1. The molecule has 1 atom stereocenters. The summed E-state index contributed by atoms with van der Waals surface area (Å²) in [6.45, 7) is 0. The molecule has 3 aromatic rings. The lowest BCUT2D eigenvalue weighted by atomic mass is 10.1. The average molecular weight is 536 g/mol. The van der Waals surface area contributed by atoms with Crippen LogP contribution >= 0.6 is 15.9 Å². The lowest BCUT2D eigenvalue weighted by Gasteiger charge is -2.18. The Balaban J connectivity index is 1.86. The van der Waals surface area contributed by atoms with E-state index < -0.39 is 22.9 Å². The van der Waals surface area contributed by atoms with Crippen LogP contribution in [0.5, 0.6) is 5.75 Å². The van der Waals surface area contributed by atoms with E-state index in [-0.39, 0.29) is 21.4 Å². The maximum Gasteiger partial charge on any atom is 0.350 e. The summed E-state index contributed by atoms with van der Waals surface area (Å²) < 4.78 is 10.8.